The van der Waals surface area contributed by atoms with Gasteiger partial charge in [0, 0.05) is 33.5 Å². The molecule has 0 amide bonds. The third kappa shape index (κ3) is 5.95. The quantitative estimate of drug-likeness (QED) is 0.127. The van der Waals surface area contributed by atoms with E-state index in [1.165, 1.54) is 86.9 Å². The van der Waals surface area contributed by atoms with Crippen molar-refractivity contribution < 1.29 is 0 Å². The van der Waals surface area contributed by atoms with Crippen LogP contribution in [-0.4, -0.2) is 0 Å². The van der Waals surface area contributed by atoms with E-state index in [4.69, 9.17) is 0 Å². The van der Waals surface area contributed by atoms with Gasteiger partial charge in [-0.3, -0.25) is 0 Å². The number of fused-ring (bicyclic) bond motifs is 6. The van der Waals surface area contributed by atoms with Gasteiger partial charge in [-0.25, -0.2) is 0 Å². The van der Waals surface area contributed by atoms with E-state index < -0.39 is 0 Å². The lowest BCUT2D eigenvalue weighted by atomic mass is 9.87. The van der Waals surface area contributed by atoms with Crippen LogP contribution in [0.15, 0.2) is 249 Å². The molecule has 0 aliphatic rings. The Morgan fingerprint density at radius 3 is 1.20 bits per heavy atom. The Morgan fingerprint density at radius 2 is 0.754 bits per heavy atom. The molecule has 0 saturated heterocycles. The zero-order valence-corrected chi connectivity index (χ0v) is 36.1. The van der Waals surface area contributed by atoms with E-state index in [0.717, 1.165) is 34.1 Å². The molecule has 0 unspecified atom stereocenters. The van der Waals surface area contributed by atoms with Crippen molar-refractivity contribution in [2.45, 2.75) is 6.92 Å². The van der Waals surface area contributed by atoms with Crippen LogP contribution in [0.25, 0.3) is 86.9 Å². The number of rotatable bonds is 10. The minimum atomic E-state index is 1.07. The van der Waals surface area contributed by atoms with Crippen molar-refractivity contribution in [3.8, 4) is 22.3 Å². The van der Waals surface area contributed by atoms with Gasteiger partial charge in [0.2, 0.25) is 0 Å². The zero-order valence-electron chi connectivity index (χ0n) is 36.1. The summed E-state index contributed by atoms with van der Waals surface area (Å²) in [6, 6.07) is 77.7. The highest BCUT2D eigenvalue weighted by Crippen LogP contribution is 2.57. The van der Waals surface area contributed by atoms with Crippen LogP contribution in [0.1, 0.15) is 6.92 Å². The molecule has 0 atom stereocenters. The number of allylic oxidation sites excluding steroid dienone is 4. The third-order valence-electron chi connectivity index (χ3n) is 13.2. The Labute approximate surface area is 379 Å². The first kappa shape index (κ1) is 38.2. The Bertz CT molecular complexity index is 3620. The average molecular weight is 829 g/mol. The number of nitrogens with zero attached hydrogens (tertiary/aromatic N) is 2. The summed E-state index contributed by atoms with van der Waals surface area (Å²) in [6.45, 7) is 6.10. The standard InChI is InChI=1S/C63H44N2/c1-3-5-27-44(4-2)64(45-28-15-8-16-29-45)54-40-38-52-58-48(54)34-21-36-50(58)60-56(42-23-11-6-12-24-42)63-53-39-41-55(65(46-30-17-9-18-31-46)47-32-19-10-20-33-47)49-35-22-37-51(59(49)53)61(63)57(62(52)60)43-25-13-7-14-26-43/h3-41H,1H2,2H3/b27-5-,44-4+. The first-order valence-electron chi connectivity index (χ1n) is 22.4. The molecule has 2 heteroatoms. The third-order valence-corrected chi connectivity index (χ3v) is 13.2. The molecule has 0 fully saturated rings. The van der Waals surface area contributed by atoms with Crippen molar-refractivity contribution in [1.29, 1.82) is 0 Å². The van der Waals surface area contributed by atoms with Gasteiger partial charge in [-0.15, -0.1) is 0 Å². The largest absolute Gasteiger partial charge is 0.310 e. The molecule has 306 valence electrons. The van der Waals surface area contributed by atoms with E-state index in [0.29, 0.717) is 0 Å². The van der Waals surface area contributed by atoms with Crippen molar-refractivity contribution in [2.24, 2.45) is 0 Å². The molecule has 0 heterocycles. The molecule has 0 N–H and O–H groups in total. The Morgan fingerprint density at radius 1 is 0.369 bits per heavy atom. The fraction of sp³-hybridized carbons (Fsp3) is 0.0159. The number of hydrogen-bond donors (Lipinski definition) is 0. The molecule has 0 bridgehead atoms. The van der Waals surface area contributed by atoms with E-state index >= 15 is 0 Å². The second-order valence-corrected chi connectivity index (χ2v) is 16.7. The van der Waals surface area contributed by atoms with Crippen molar-refractivity contribution in [2.75, 3.05) is 9.80 Å². The fourth-order valence-corrected chi connectivity index (χ4v) is 10.7. The predicted octanol–water partition coefficient (Wildman–Crippen LogP) is 18.1. The summed E-state index contributed by atoms with van der Waals surface area (Å²) < 4.78 is 0. The maximum absolute atomic E-state index is 4.00. The molecule has 0 aliphatic heterocycles. The lowest BCUT2D eigenvalue weighted by Crippen LogP contribution is -2.15. The van der Waals surface area contributed by atoms with Crippen LogP contribution in [0, 0.1) is 0 Å². The number of para-hydroxylation sites is 3. The van der Waals surface area contributed by atoms with Gasteiger partial charge in [-0.2, -0.15) is 0 Å². The minimum Gasteiger partial charge on any atom is -0.310 e. The van der Waals surface area contributed by atoms with Crippen LogP contribution in [0.5, 0.6) is 0 Å². The lowest BCUT2D eigenvalue weighted by molar-refractivity contribution is 1.21. The van der Waals surface area contributed by atoms with Crippen LogP contribution < -0.4 is 9.80 Å². The normalized spacial score (nSPS) is 12.2. The second kappa shape index (κ2) is 15.7. The predicted molar refractivity (Wildman–Crippen MR) is 281 cm³/mol. The molecule has 0 radical (unpaired) electrons. The summed E-state index contributed by atoms with van der Waals surface area (Å²) in [7, 11) is 0. The lowest BCUT2D eigenvalue weighted by Gasteiger charge is -2.27. The first-order valence-corrected chi connectivity index (χ1v) is 22.4. The maximum atomic E-state index is 4.00. The van der Waals surface area contributed by atoms with Crippen LogP contribution in [0.3, 0.4) is 0 Å². The molecular formula is C63H44N2. The summed E-state index contributed by atoms with van der Waals surface area (Å²) in [5, 5.41) is 15.2. The van der Waals surface area contributed by atoms with Gasteiger partial charge in [-0.05, 0) is 138 Å². The van der Waals surface area contributed by atoms with Gasteiger partial charge in [0.1, 0.15) is 0 Å². The molecule has 65 heavy (non-hydrogen) atoms. The molecule has 0 spiro atoms. The molecular weight excluding hydrogens is 785 g/mol. The van der Waals surface area contributed by atoms with Gasteiger partial charge < -0.3 is 9.80 Å². The van der Waals surface area contributed by atoms with Crippen LogP contribution in [0.2, 0.25) is 0 Å². The number of hydrogen-bond acceptors (Lipinski definition) is 2. The minimum absolute atomic E-state index is 1.07. The Kier molecular flexibility index (Phi) is 9.24. The van der Waals surface area contributed by atoms with Crippen molar-refractivity contribution >= 4 is 93.1 Å². The number of benzene rings is 10. The van der Waals surface area contributed by atoms with Gasteiger partial charge in [-0.1, -0.05) is 189 Å². The molecule has 0 saturated carbocycles. The zero-order chi connectivity index (χ0) is 43.4. The van der Waals surface area contributed by atoms with Gasteiger partial charge in [0.15, 0.2) is 0 Å². The SMILES string of the molecule is C=C/C=C\C(=C/C)N(c1ccccc1)c1ccc2c3c(-c4ccccc4)c4c5cccc6c(N(c7ccccc7)c7ccccc7)ccc(c4c(-c4ccccc4)c3c3cccc1c23)c65. The van der Waals surface area contributed by atoms with Gasteiger partial charge in [0.25, 0.3) is 0 Å². The molecule has 12 aromatic carbocycles. The topological polar surface area (TPSA) is 6.48 Å². The summed E-state index contributed by atoms with van der Waals surface area (Å²) >= 11 is 0. The average Bonchev–Trinajstić information content (AvgIpc) is 3.89. The van der Waals surface area contributed by atoms with Crippen LogP contribution in [-0.2, 0) is 0 Å². The summed E-state index contributed by atoms with van der Waals surface area (Å²) in [4.78, 5) is 4.78. The van der Waals surface area contributed by atoms with Crippen molar-refractivity contribution in [3.63, 3.8) is 0 Å². The molecule has 12 aromatic rings. The fourth-order valence-electron chi connectivity index (χ4n) is 10.7. The van der Waals surface area contributed by atoms with E-state index in [1.807, 2.05) is 12.2 Å². The van der Waals surface area contributed by atoms with Crippen molar-refractivity contribution in [3.05, 3.63) is 249 Å². The van der Waals surface area contributed by atoms with Crippen LogP contribution in [0.4, 0.5) is 28.4 Å². The Hall–Kier alpha value is -8.46. The second-order valence-electron chi connectivity index (χ2n) is 16.7. The molecule has 0 aromatic heterocycles. The molecule has 0 aliphatic carbocycles. The van der Waals surface area contributed by atoms with Crippen molar-refractivity contribution in [1.82, 2.24) is 0 Å². The highest BCUT2D eigenvalue weighted by Gasteiger charge is 2.29. The molecule has 12 rings (SSSR count). The number of anilines is 5. The van der Waals surface area contributed by atoms with E-state index in [1.54, 1.807) is 0 Å². The molecule has 2 nitrogen and oxygen atoms in total. The highest BCUT2D eigenvalue weighted by molar-refractivity contribution is 6.47. The van der Waals surface area contributed by atoms with Gasteiger partial charge >= 0.3 is 0 Å². The van der Waals surface area contributed by atoms with E-state index in [-0.39, 0.29) is 0 Å². The summed E-state index contributed by atoms with van der Waals surface area (Å²) in [5.74, 6) is 0. The summed E-state index contributed by atoms with van der Waals surface area (Å²) in [6.07, 6.45) is 8.18. The van der Waals surface area contributed by atoms with E-state index in [9.17, 15) is 0 Å². The first-order chi connectivity index (χ1) is 32.2. The van der Waals surface area contributed by atoms with E-state index in [2.05, 4.69) is 248 Å². The highest BCUT2D eigenvalue weighted by atomic mass is 15.2. The van der Waals surface area contributed by atoms with Crippen LogP contribution >= 0.6 is 0 Å². The Balaban J connectivity index is 1.26. The smallest absolute Gasteiger partial charge is 0.0540 e. The van der Waals surface area contributed by atoms with Gasteiger partial charge in [0.05, 0.1) is 11.4 Å². The summed E-state index contributed by atoms with van der Waals surface area (Å²) in [5.41, 5.74) is 11.7. The maximum Gasteiger partial charge on any atom is 0.0540 e. The monoisotopic (exact) mass is 828 g/mol.